The van der Waals surface area contributed by atoms with Gasteiger partial charge >= 0.3 is 0 Å². The lowest BCUT2D eigenvalue weighted by atomic mass is 10.0. The van der Waals surface area contributed by atoms with Gasteiger partial charge in [0.1, 0.15) is 23.8 Å². The Labute approximate surface area is 173 Å². The van der Waals surface area contributed by atoms with Crippen LogP contribution >= 0.6 is 0 Å². The Morgan fingerprint density at radius 1 is 1.19 bits per heavy atom. The molecule has 0 saturated heterocycles. The molecule has 2 aromatic heterocycles. The van der Waals surface area contributed by atoms with Crippen LogP contribution in [0.2, 0.25) is 0 Å². The molecule has 0 aliphatic rings. The van der Waals surface area contributed by atoms with Crippen LogP contribution in [0.15, 0.2) is 53.5 Å². The van der Waals surface area contributed by atoms with Crippen molar-refractivity contribution in [3.8, 4) is 5.69 Å². The SMILES string of the molecule is C[C@@H](NC(=O)c1ccc(=O)n(-c2cccnc2F)n1)c1cccc(C(F)(F)CO)c1F. The molecule has 1 atom stereocenters. The number of halogens is 4. The van der Waals surface area contributed by atoms with Crippen molar-refractivity contribution in [2.24, 2.45) is 0 Å². The van der Waals surface area contributed by atoms with Crippen LogP contribution in [0.25, 0.3) is 5.69 Å². The van der Waals surface area contributed by atoms with Crippen molar-refractivity contribution >= 4 is 5.91 Å². The van der Waals surface area contributed by atoms with E-state index in [1.807, 2.05) is 0 Å². The van der Waals surface area contributed by atoms with E-state index in [2.05, 4.69) is 15.4 Å². The van der Waals surface area contributed by atoms with E-state index in [1.165, 1.54) is 37.4 Å². The number of nitrogens with zero attached hydrogens (tertiary/aromatic N) is 3. The molecule has 7 nitrogen and oxygen atoms in total. The van der Waals surface area contributed by atoms with Crippen LogP contribution in [0.4, 0.5) is 17.6 Å². The van der Waals surface area contributed by atoms with Gasteiger partial charge in [-0.1, -0.05) is 12.1 Å². The normalized spacial score (nSPS) is 12.5. The molecule has 2 N–H and O–H groups in total. The highest BCUT2D eigenvalue weighted by Crippen LogP contribution is 2.32. The van der Waals surface area contributed by atoms with E-state index < -0.39 is 47.4 Å². The summed E-state index contributed by atoms with van der Waals surface area (Å²) in [7, 11) is 0. The third-order valence-electron chi connectivity index (χ3n) is 4.44. The quantitative estimate of drug-likeness (QED) is 0.457. The fourth-order valence-corrected chi connectivity index (χ4v) is 2.84. The molecule has 11 heteroatoms. The van der Waals surface area contributed by atoms with Crippen molar-refractivity contribution in [1.29, 1.82) is 0 Å². The number of carbonyl (C=O) groups excluding carboxylic acids is 1. The molecule has 2 heterocycles. The molecule has 3 rings (SSSR count). The van der Waals surface area contributed by atoms with Crippen LogP contribution in [-0.2, 0) is 5.92 Å². The lowest BCUT2D eigenvalue weighted by molar-refractivity contribution is -0.0584. The van der Waals surface area contributed by atoms with E-state index in [4.69, 9.17) is 5.11 Å². The van der Waals surface area contributed by atoms with Gasteiger partial charge in [0.15, 0.2) is 0 Å². The molecule has 0 fully saturated rings. The van der Waals surface area contributed by atoms with Gasteiger partial charge in [0.2, 0.25) is 5.95 Å². The molecule has 31 heavy (non-hydrogen) atoms. The Morgan fingerprint density at radius 3 is 2.61 bits per heavy atom. The minimum absolute atomic E-state index is 0.245. The van der Waals surface area contributed by atoms with Crippen LogP contribution < -0.4 is 10.9 Å². The van der Waals surface area contributed by atoms with Gasteiger partial charge in [-0.05, 0) is 31.2 Å². The average Bonchev–Trinajstić information content (AvgIpc) is 2.74. The van der Waals surface area contributed by atoms with Gasteiger partial charge in [-0.3, -0.25) is 9.59 Å². The molecule has 0 radical (unpaired) electrons. The topological polar surface area (TPSA) is 97.1 Å². The average molecular weight is 436 g/mol. The zero-order valence-electron chi connectivity index (χ0n) is 16.0. The van der Waals surface area contributed by atoms with E-state index in [0.717, 1.165) is 18.2 Å². The molecule has 3 aromatic rings. The number of benzene rings is 1. The summed E-state index contributed by atoms with van der Waals surface area (Å²) in [5.41, 5.74) is -2.55. The predicted molar refractivity (Wildman–Crippen MR) is 101 cm³/mol. The molecular formula is C20H16F4N4O3. The van der Waals surface area contributed by atoms with Crippen molar-refractivity contribution < 1.29 is 27.5 Å². The molecule has 1 aromatic carbocycles. The molecular weight excluding hydrogens is 420 g/mol. The highest BCUT2D eigenvalue weighted by Gasteiger charge is 2.35. The fraction of sp³-hybridized carbons (Fsp3) is 0.200. The van der Waals surface area contributed by atoms with E-state index in [-0.39, 0.29) is 16.9 Å². The van der Waals surface area contributed by atoms with Crippen molar-refractivity contribution in [1.82, 2.24) is 20.1 Å². The number of pyridine rings is 1. The van der Waals surface area contributed by atoms with Gasteiger partial charge < -0.3 is 10.4 Å². The minimum Gasteiger partial charge on any atom is -0.390 e. The number of nitrogens with one attached hydrogen (secondary N) is 1. The monoisotopic (exact) mass is 436 g/mol. The van der Waals surface area contributed by atoms with Crippen LogP contribution in [0.1, 0.15) is 34.6 Å². The zero-order valence-corrected chi connectivity index (χ0v) is 16.0. The zero-order chi connectivity index (χ0) is 22.8. The first-order valence-corrected chi connectivity index (χ1v) is 8.95. The van der Waals surface area contributed by atoms with E-state index >= 15 is 0 Å². The Morgan fingerprint density at radius 2 is 1.94 bits per heavy atom. The van der Waals surface area contributed by atoms with E-state index in [1.54, 1.807) is 0 Å². The first kappa shape index (κ1) is 22.1. The molecule has 162 valence electrons. The van der Waals surface area contributed by atoms with Crippen LogP contribution in [0, 0.1) is 11.8 Å². The largest absolute Gasteiger partial charge is 0.390 e. The van der Waals surface area contributed by atoms with Gasteiger partial charge in [-0.2, -0.15) is 23.0 Å². The molecule has 0 spiro atoms. The second-order valence-corrected chi connectivity index (χ2v) is 6.55. The third-order valence-corrected chi connectivity index (χ3v) is 4.44. The number of hydrogen-bond acceptors (Lipinski definition) is 5. The van der Waals surface area contributed by atoms with Crippen molar-refractivity contribution in [3.05, 3.63) is 87.6 Å². The number of carbonyl (C=O) groups is 1. The van der Waals surface area contributed by atoms with Gasteiger partial charge in [-0.25, -0.2) is 9.37 Å². The molecule has 1 amide bonds. The predicted octanol–water partition coefficient (Wildman–Crippen LogP) is 2.48. The third kappa shape index (κ3) is 4.45. The summed E-state index contributed by atoms with van der Waals surface area (Å²) in [6.45, 7) is -0.224. The van der Waals surface area contributed by atoms with Gasteiger partial charge in [-0.15, -0.1) is 0 Å². The van der Waals surface area contributed by atoms with Crippen LogP contribution in [0.3, 0.4) is 0 Å². The van der Waals surface area contributed by atoms with Gasteiger partial charge in [0.25, 0.3) is 17.4 Å². The highest BCUT2D eigenvalue weighted by molar-refractivity contribution is 5.92. The summed E-state index contributed by atoms with van der Waals surface area (Å²) in [5, 5.41) is 15.0. The maximum Gasteiger partial charge on any atom is 0.298 e. The summed E-state index contributed by atoms with van der Waals surface area (Å²) in [5.74, 6) is -6.91. The number of aliphatic hydroxyl groups is 1. The van der Waals surface area contributed by atoms with E-state index in [9.17, 15) is 27.2 Å². The Hall–Kier alpha value is -3.60. The van der Waals surface area contributed by atoms with Crippen LogP contribution in [-0.4, -0.2) is 32.4 Å². The Balaban J connectivity index is 1.89. The number of hydrogen-bond donors (Lipinski definition) is 2. The first-order valence-electron chi connectivity index (χ1n) is 8.95. The standard InChI is InChI=1S/C20H16F4N4O3/c1-11(12-4-2-5-13(17(12)21)20(23,24)10-29)26-19(31)14-7-8-16(30)28(27-14)15-6-3-9-25-18(15)22/h2-9,11,29H,10H2,1H3,(H,26,31)/t11-/m1/s1. The Bertz CT molecular complexity index is 1180. The second-order valence-electron chi connectivity index (χ2n) is 6.55. The van der Waals surface area contributed by atoms with Gasteiger partial charge in [0, 0.05) is 17.8 Å². The molecule has 0 aliphatic carbocycles. The first-order chi connectivity index (χ1) is 14.7. The maximum atomic E-state index is 14.6. The summed E-state index contributed by atoms with van der Waals surface area (Å²) in [6.07, 6.45) is 1.17. The van der Waals surface area contributed by atoms with Crippen molar-refractivity contribution in [2.45, 2.75) is 18.9 Å². The molecule has 0 aliphatic heterocycles. The van der Waals surface area contributed by atoms with E-state index in [0.29, 0.717) is 4.68 Å². The summed E-state index contributed by atoms with van der Waals surface area (Å²) >= 11 is 0. The second kappa shape index (κ2) is 8.64. The number of alkyl halides is 2. The highest BCUT2D eigenvalue weighted by atomic mass is 19.3. The number of rotatable bonds is 6. The van der Waals surface area contributed by atoms with Crippen molar-refractivity contribution in [3.63, 3.8) is 0 Å². The summed E-state index contributed by atoms with van der Waals surface area (Å²) in [6, 6.07) is 6.83. The summed E-state index contributed by atoms with van der Waals surface area (Å²) in [4.78, 5) is 28.0. The number of aliphatic hydroxyl groups excluding tert-OH is 1. The molecule has 0 bridgehead atoms. The van der Waals surface area contributed by atoms with Gasteiger partial charge in [0.05, 0.1) is 11.6 Å². The Kier molecular flexibility index (Phi) is 6.16. The van der Waals surface area contributed by atoms with Crippen molar-refractivity contribution in [2.75, 3.05) is 6.61 Å². The number of amides is 1. The number of aromatic nitrogens is 3. The fourth-order valence-electron chi connectivity index (χ4n) is 2.84. The lowest BCUT2D eigenvalue weighted by Gasteiger charge is -2.20. The minimum atomic E-state index is -3.80. The summed E-state index contributed by atoms with van der Waals surface area (Å²) < 4.78 is 56.6. The maximum absolute atomic E-state index is 14.6. The molecule has 0 saturated carbocycles. The lowest BCUT2D eigenvalue weighted by Crippen LogP contribution is -2.31. The smallest absolute Gasteiger partial charge is 0.298 e. The molecule has 0 unspecified atom stereocenters. The van der Waals surface area contributed by atoms with Crippen LogP contribution in [0.5, 0.6) is 0 Å².